The molecule has 3 amide bonds. The smallest absolute Gasteiger partial charge is 0.315 e. The fraction of sp³-hybridized carbons (Fsp3) is 0.556. The first-order chi connectivity index (χ1) is 11.5. The maximum Gasteiger partial charge on any atom is 0.315 e. The molecule has 0 atom stereocenters. The Kier molecular flexibility index (Phi) is 6.90. The van der Waals surface area contributed by atoms with Gasteiger partial charge in [-0.1, -0.05) is 19.3 Å². The standard InChI is InChI=1S/C18H27N3O3/c1-13(2)24-16-10-8-15(9-11-16)20-17(22)12-19-18(23)21-14-6-4-3-5-7-14/h8-11,13-14H,3-7,12H2,1-2H3,(H,20,22)(H2,19,21,23). The van der Waals surface area contributed by atoms with Crippen LogP contribution in [-0.2, 0) is 4.79 Å². The summed E-state index contributed by atoms with van der Waals surface area (Å²) >= 11 is 0. The lowest BCUT2D eigenvalue weighted by atomic mass is 9.96. The van der Waals surface area contributed by atoms with Crippen molar-refractivity contribution in [3.63, 3.8) is 0 Å². The molecule has 0 saturated heterocycles. The van der Waals surface area contributed by atoms with Crippen LogP contribution >= 0.6 is 0 Å². The van der Waals surface area contributed by atoms with E-state index in [0.717, 1.165) is 31.4 Å². The monoisotopic (exact) mass is 333 g/mol. The molecule has 1 aromatic rings. The van der Waals surface area contributed by atoms with Crippen molar-refractivity contribution in [2.75, 3.05) is 11.9 Å². The number of amides is 3. The minimum atomic E-state index is -0.280. The highest BCUT2D eigenvalue weighted by Crippen LogP contribution is 2.17. The molecule has 1 saturated carbocycles. The number of ether oxygens (including phenoxy) is 1. The summed E-state index contributed by atoms with van der Waals surface area (Å²) in [7, 11) is 0. The minimum Gasteiger partial charge on any atom is -0.491 e. The van der Waals surface area contributed by atoms with Crippen LogP contribution in [0.1, 0.15) is 46.0 Å². The molecule has 0 radical (unpaired) electrons. The van der Waals surface area contributed by atoms with Crippen molar-refractivity contribution in [3.05, 3.63) is 24.3 Å². The van der Waals surface area contributed by atoms with E-state index < -0.39 is 0 Å². The van der Waals surface area contributed by atoms with Crippen molar-refractivity contribution in [1.82, 2.24) is 10.6 Å². The van der Waals surface area contributed by atoms with Crippen LogP contribution in [0.3, 0.4) is 0 Å². The van der Waals surface area contributed by atoms with Crippen LogP contribution in [-0.4, -0.2) is 30.6 Å². The maximum atomic E-state index is 11.9. The van der Waals surface area contributed by atoms with Crippen LogP contribution in [0.5, 0.6) is 5.75 Å². The van der Waals surface area contributed by atoms with Gasteiger partial charge in [-0.05, 0) is 51.0 Å². The highest BCUT2D eigenvalue weighted by Gasteiger charge is 2.15. The Balaban J connectivity index is 1.69. The number of carbonyl (C=O) groups is 2. The first kappa shape index (κ1) is 18.1. The zero-order chi connectivity index (χ0) is 17.4. The molecular formula is C18H27N3O3. The van der Waals surface area contributed by atoms with Gasteiger partial charge in [0.25, 0.3) is 0 Å². The third-order valence-corrected chi connectivity index (χ3v) is 3.86. The van der Waals surface area contributed by atoms with E-state index in [0.29, 0.717) is 5.69 Å². The summed E-state index contributed by atoms with van der Waals surface area (Å²) in [6.45, 7) is 3.86. The molecule has 1 aromatic carbocycles. The largest absolute Gasteiger partial charge is 0.491 e. The average Bonchev–Trinajstić information content (AvgIpc) is 2.55. The maximum absolute atomic E-state index is 11.9. The zero-order valence-corrected chi connectivity index (χ0v) is 14.4. The Hall–Kier alpha value is -2.24. The topological polar surface area (TPSA) is 79.5 Å². The van der Waals surface area contributed by atoms with Crippen molar-refractivity contribution in [3.8, 4) is 5.75 Å². The molecule has 0 aliphatic heterocycles. The summed E-state index contributed by atoms with van der Waals surface area (Å²) in [5.41, 5.74) is 0.672. The number of benzene rings is 1. The molecule has 1 fully saturated rings. The third kappa shape index (κ3) is 6.48. The SMILES string of the molecule is CC(C)Oc1ccc(NC(=O)CNC(=O)NC2CCCCC2)cc1. The molecule has 0 spiro atoms. The van der Waals surface area contributed by atoms with E-state index in [2.05, 4.69) is 16.0 Å². The van der Waals surface area contributed by atoms with Crippen LogP contribution < -0.4 is 20.7 Å². The molecule has 24 heavy (non-hydrogen) atoms. The predicted octanol–water partition coefficient (Wildman–Crippen LogP) is 3.04. The number of urea groups is 1. The normalized spacial score (nSPS) is 15.0. The third-order valence-electron chi connectivity index (χ3n) is 3.86. The number of hydrogen-bond donors (Lipinski definition) is 3. The van der Waals surface area contributed by atoms with E-state index >= 15 is 0 Å². The fourth-order valence-corrected chi connectivity index (χ4v) is 2.74. The van der Waals surface area contributed by atoms with Gasteiger partial charge in [-0.15, -0.1) is 0 Å². The number of nitrogens with one attached hydrogen (secondary N) is 3. The Morgan fingerprint density at radius 3 is 2.42 bits per heavy atom. The van der Waals surface area contributed by atoms with Gasteiger partial charge in [-0.3, -0.25) is 4.79 Å². The zero-order valence-electron chi connectivity index (χ0n) is 14.4. The van der Waals surface area contributed by atoms with Gasteiger partial charge in [0.15, 0.2) is 0 Å². The van der Waals surface area contributed by atoms with Gasteiger partial charge in [0.2, 0.25) is 5.91 Å². The lowest BCUT2D eigenvalue weighted by Crippen LogP contribution is -2.45. The Bertz CT molecular complexity index is 537. The molecule has 1 aliphatic rings. The van der Waals surface area contributed by atoms with Crippen LogP contribution in [0.25, 0.3) is 0 Å². The van der Waals surface area contributed by atoms with Crippen LogP contribution in [0.4, 0.5) is 10.5 Å². The minimum absolute atomic E-state index is 0.0528. The first-order valence-corrected chi connectivity index (χ1v) is 8.64. The number of carbonyl (C=O) groups excluding carboxylic acids is 2. The van der Waals surface area contributed by atoms with Crippen LogP contribution in [0.15, 0.2) is 24.3 Å². The number of anilines is 1. The van der Waals surface area contributed by atoms with Gasteiger partial charge in [-0.25, -0.2) is 4.79 Å². The molecule has 0 bridgehead atoms. The van der Waals surface area contributed by atoms with Crippen molar-refractivity contribution in [2.24, 2.45) is 0 Å². The molecule has 3 N–H and O–H groups in total. The summed E-state index contributed by atoms with van der Waals surface area (Å²) in [6.07, 6.45) is 5.69. The van der Waals surface area contributed by atoms with E-state index in [1.165, 1.54) is 6.42 Å². The van der Waals surface area contributed by atoms with Gasteiger partial charge in [-0.2, -0.15) is 0 Å². The number of rotatable bonds is 6. The lowest BCUT2D eigenvalue weighted by molar-refractivity contribution is -0.115. The van der Waals surface area contributed by atoms with Gasteiger partial charge < -0.3 is 20.7 Å². The van der Waals surface area contributed by atoms with Gasteiger partial charge in [0.1, 0.15) is 5.75 Å². The highest BCUT2D eigenvalue weighted by molar-refractivity contribution is 5.94. The van der Waals surface area contributed by atoms with Crippen molar-refractivity contribution in [1.29, 1.82) is 0 Å². The molecule has 0 aromatic heterocycles. The molecule has 2 rings (SSSR count). The quantitative estimate of drug-likeness (QED) is 0.748. The summed E-state index contributed by atoms with van der Waals surface area (Å²) in [4.78, 5) is 23.7. The molecule has 132 valence electrons. The van der Waals surface area contributed by atoms with Crippen molar-refractivity contribution >= 4 is 17.6 Å². The number of hydrogen-bond acceptors (Lipinski definition) is 3. The van der Waals surface area contributed by atoms with E-state index in [9.17, 15) is 9.59 Å². The predicted molar refractivity (Wildman–Crippen MR) is 94.2 cm³/mol. The molecular weight excluding hydrogens is 306 g/mol. The molecule has 0 heterocycles. The lowest BCUT2D eigenvalue weighted by Gasteiger charge is -2.22. The summed E-state index contributed by atoms with van der Waals surface area (Å²) in [5, 5.41) is 8.26. The second-order valence-electron chi connectivity index (χ2n) is 6.40. The average molecular weight is 333 g/mol. The second kappa shape index (κ2) is 9.15. The molecule has 1 aliphatic carbocycles. The molecule has 6 heteroatoms. The summed E-state index contributed by atoms with van der Waals surface area (Å²) < 4.78 is 5.55. The summed E-state index contributed by atoms with van der Waals surface area (Å²) in [6, 6.07) is 7.11. The Morgan fingerprint density at radius 2 is 1.79 bits per heavy atom. The highest BCUT2D eigenvalue weighted by atomic mass is 16.5. The van der Waals surface area contributed by atoms with Gasteiger partial charge in [0.05, 0.1) is 12.6 Å². The van der Waals surface area contributed by atoms with E-state index in [4.69, 9.17) is 4.74 Å². The second-order valence-corrected chi connectivity index (χ2v) is 6.40. The Labute approximate surface area is 143 Å². The Morgan fingerprint density at radius 1 is 1.12 bits per heavy atom. The van der Waals surface area contributed by atoms with E-state index in [1.807, 2.05) is 13.8 Å². The van der Waals surface area contributed by atoms with Gasteiger partial charge in [0, 0.05) is 11.7 Å². The fourth-order valence-electron chi connectivity index (χ4n) is 2.74. The van der Waals surface area contributed by atoms with E-state index in [-0.39, 0.29) is 30.6 Å². The summed E-state index contributed by atoms with van der Waals surface area (Å²) in [5.74, 6) is 0.499. The first-order valence-electron chi connectivity index (χ1n) is 8.64. The van der Waals surface area contributed by atoms with Crippen LogP contribution in [0.2, 0.25) is 0 Å². The van der Waals surface area contributed by atoms with E-state index in [1.54, 1.807) is 24.3 Å². The molecule has 0 unspecified atom stereocenters. The van der Waals surface area contributed by atoms with Crippen LogP contribution in [0, 0.1) is 0 Å². The van der Waals surface area contributed by atoms with Crippen molar-refractivity contribution in [2.45, 2.75) is 58.1 Å². The van der Waals surface area contributed by atoms with Crippen molar-refractivity contribution < 1.29 is 14.3 Å². The molecule has 6 nitrogen and oxygen atoms in total. The van der Waals surface area contributed by atoms with Gasteiger partial charge >= 0.3 is 6.03 Å².